The summed E-state index contributed by atoms with van der Waals surface area (Å²) in [5, 5.41) is 10.6. The monoisotopic (exact) mass is 614 g/mol. The lowest BCUT2D eigenvalue weighted by Gasteiger charge is -2.25. The van der Waals surface area contributed by atoms with Crippen LogP contribution in [-0.2, 0) is 40.1 Å². The highest BCUT2D eigenvalue weighted by atomic mass is 16.5. The van der Waals surface area contributed by atoms with Gasteiger partial charge in [-0.15, -0.1) is 0 Å². The fourth-order valence-electron chi connectivity index (χ4n) is 4.22. The van der Waals surface area contributed by atoms with Crippen LogP contribution in [0.25, 0.3) is 0 Å². The maximum atomic E-state index is 13.3. The van der Waals surface area contributed by atoms with Crippen molar-refractivity contribution in [3.05, 3.63) is 42.0 Å². The standard InChI is InChI=1S/C30H42N6O8/c1-4-26(40)44-18-20-10-12-21(13-11-20)33-28(41)22(8-7-16-32-30(31)43)34-29(42)27(19(2)3)35-23(37)9-5-6-17-36-24(38)14-15-25(36)39/h10-15,19,22,27H,4-9,16-18H2,1-3H3,(H,33,41)(H,34,42)(H,35,37)(H3,31,32,43)/t22-,27-/m0/s1. The first kappa shape index (κ1) is 35.4. The summed E-state index contributed by atoms with van der Waals surface area (Å²) in [6, 6.07) is 4.04. The van der Waals surface area contributed by atoms with Gasteiger partial charge < -0.3 is 31.7 Å². The number of hydrogen-bond donors (Lipinski definition) is 5. The molecule has 240 valence electrons. The average molecular weight is 615 g/mol. The normalized spacial score (nSPS) is 13.8. The van der Waals surface area contributed by atoms with E-state index < -0.39 is 29.9 Å². The zero-order chi connectivity index (χ0) is 32.6. The molecular weight excluding hydrogens is 572 g/mol. The first-order chi connectivity index (χ1) is 20.9. The summed E-state index contributed by atoms with van der Waals surface area (Å²) >= 11 is 0. The second kappa shape index (κ2) is 18.0. The minimum Gasteiger partial charge on any atom is -0.461 e. The molecule has 14 nitrogen and oxygen atoms in total. The van der Waals surface area contributed by atoms with E-state index in [2.05, 4.69) is 21.3 Å². The minimum atomic E-state index is -0.996. The van der Waals surface area contributed by atoms with Gasteiger partial charge in [-0.2, -0.15) is 0 Å². The molecule has 0 spiro atoms. The van der Waals surface area contributed by atoms with Crippen molar-refractivity contribution in [2.24, 2.45) is 11.7 Å². The van der Waals surface area contributed by atoms with Crippen LogP contribution in [0.4, 0.5) is 10.5 Å². The number of hydrogen-bond acceptors (Lipinski definition) is 8. The smallest absolute Gasteiger partial charge is 0.312 e. The van der Waals surface area contributed by atoms with Gasteiger partial charge in [-0.1, -0.05) is 32.9 Å². The van der Waals surface area contributed by atoms with Gasteiger partial charge in [-0.25, -0.2) is 4.79 Å². The predicted octanol–water partition coefficient (Wildman–Crippen LogP) is 1.25. The van der Waals surface area contributed by atoms with Crippen molar-refractivity contribution < 1.29 is 38.3 Å². The molecule has 44 heavy (non-hydrogen) atoms. The topological polar surface area (TPSA) is 206 Å². The van der Waals surface area contributed by atoms with Gasteiger partial charge in [0.15, 0.2) is 0 Å². The number of primary amides is 1. The number of unbranched alkanes of at least 4 members (excludes halogenated alkanes) is 1. The third-order valence-electron chi connectivity index (χ3n) is 6.71. The highest BCUT2D eigenvalue weighted by molar-refractivity contribution is 6.12. The van der Waals surface area contributed by atoms with Crippen molar-refractivity contribution in [1.82, 2.24) is 20.9 Å². The largest absolute Gasteiger partial charge is 0.461 e. The summed E-state index contributed by atoms with van der Waals surface area (Å²) in [5.41, 5.74) is 6.30. The number of nitrogens with zero attached hydrogens (tertiary/aromatic N) is 1. The lowest BCUT2D eigenvalue weighted by Crippen LogP contribution is -2.54. The molecule has 0 bridgehead atoms. The molecule has 1 aromatic carbocycles. The van der Waals surface area contributed by atoms with Gasteiger partial charge in [0.25, 0.3) is 11.8 Å². The molecule has 2 rings (SSSR count). The lowest BCUT2D eigenvalue weighted by atomic mass is 10.0. The Kier molecular flexibility index (Phi) is 14.5. The Balaban J connectivity index is 1.97. The Labute approximate surface area is 256 Å². The Bertz CT molecular complexity index is 1210. The van der Waals surface area contributed by atoms with Crippen LogP contribution in [0.3, 0.4) is 0 Å². The molecule has 1 heterocycles. The van der Waals surface area contributed by atoms with Gasteiger partial charge in [0.2, 0.25) is 17.7 Å². The molecule has 0 aliphatic carbocycles. The number of esters is 1. The van der Waals surface area contributed by atoms with Crippen molar-refractivity contribution in [3.8, 4) is 0 Å². The molecule has 1 aromatic rings. The summed E-state index contributed by atoms with van der Waals surface area (Å²) < 4.78 is 5.11. The van der Waals surface area contributed by atoms with E-state index in [0.717, 1.165) is 10.5 Å². The molecular formula is C30H42N6O8. The summed E-state index contributed by atoms with van der Waals surface area (Å²) in [5.74, 6) is -2.83. The predicted molar refractivity (Wildman–Crippen MR) is 160 cm³/mol. The molecule has 2 atom stereocenters. The highest BCUT2D eigenvalue weighted by Gasteiger charge is 2.29. The molecule has 0 radical (unpaired) electrons. The summed E-state index contributed by atoms with van der Waals surface area (Å²) in [4.78, 5) is 86.0. The van der Waals surface area contributed by atoms with Crippen molar-refractivity contribution >= 4 is 47.2 Å². The Hall–Kier alpha value is -4.75. The van der Waals surface area contributed by atoms with Crippen LogP contribution < -0.4 is 27.0 Å². The van der Waals surface area contributed by atoms with E-state index in [1.54, 1.807) is 45.0 Å². The quantitative estimate of drug-likeness (QED) is 0.0922. The number of rotatable bonds is 18. The van der Waals surface area contributed by atoms with Crippen LogP contribution in [0.15, 0.2) is 36.4 Å². The van der Waals surface area contributed by atoms with E-state index in [4.69, 9.17) is 10.5 Å². The van der Waals surface area contributed by atoms with E-state index in [1.807, 2.05) is 0 Å². The van der Waals surface area contributed by atoms with Gasteiger partial charge in [0.1, 0.15) is 18.7 Å². The van der Waals surface area contributed by atoms with Crippen molar-refractivity contribution in [3.63, 3.8) is 0 Å². The van der Waals surface area contributed by atoms with Gasteiger partial charge in [0.05, 0.1) is 0 Å². The van der Waals surface area contributed by atoms with Crippen LogP contribution in [0, 0.1) is 5.92 Å². The second-order valence-electron chi connectivity index (χ2n) is 10.6. The van der Waals surface area contributed by atoms with E-state index in [9.17, 15) is 33.6 Å². The van der Waals surface area contributed by atoms with E-state index in [0.29, 0.717) is 24.9 Å². The van der Waals surface area contributed by atoms with Crippen molar-refractivity contribution in [2.75, 3.05) is 18.4 Å². The molecule has 0 saturated heterocycles. The van der Waals surface area contributed by atoms with E-state index >= 15 is 0 Å². The first-order valence-corrected chi connectivity index (χ1v) is 14.6. The van der Waals surface area contributed by atoms with Gasteiger partial charge in [-0.3, -0.25) is 33.7 Å². The number of carbonyl (C=O) groups excluding carboxylic acids is 7. The number of amides is 7. The van der Waals surface area contributed by atoms with Crippen LogP contribution >= 0.6 is 0 Å². The van der Waals surface area contributed by atoms with Crippen LogP contribution in [0.2, 0.25) is 0 Å². The number of urea groups is 1. The third kappa shape index (κ3) is 12.2. The van der Waals surface area contributed by atoms with Crippen LogP contribution in [-0.4, -0.2) is 71.6 Å². The highest BCUT2D eigenvalue weighted by Crippen LogP contribution is 2.13. The van der Waals surface area contributed by atoms with Crippen molar-refractivity contribution in [2.45, 2.75) is 78.0 Å². The molecule has 6 N–H and O–H groups in total. The van der Waals surface area contributed by atoms with Gasteiger partial charge >= 0.3 is 12.0 Å². The molecule has 1 aliphatic heterocycles. The van der Waals surface area contributed by atoms with Crippen LogP contribution in [0.1, 0.15) is 64.9 Å². The summed E-state index contributed by atoms with van der Waals surface area (Å²) in [7, 11) is 0. The minimum absolute atomic E-state index is 0.0799. The number of nitrogens with two attached hydrogens (primary N) is 1. The first-order valence-electron chi connectivity index (χ1n) is 14.6. The lowest BCUT2D eigenvalue weighted by molar-refractivity contribution is -0.144. The van der Waals surface area contributed by atoms with Gasteiger partial charge in [0, 0.05) is 43.8 Å². The Morgan fingerprint density at radius 3 is 2.16 bits per heavy atom. The fourth-order valence-corrected chi connectivity index (χ4v) is 4.22. The number of anilines is 1. The third-order valence-corrected chi connectivity index (χ3v) is 6.71. The number of imide groups is 1. The maximum Gasteiger partial charge on any atom is 0.312 e. The molecule has 14 heteroatoms. The molecule has 0 aromatic heterocycles. The Morgan fingerprint density at radius 2 is 1.57 bits per heavy atom. The molecule has 0 saturated carbocycles. The summed E-state index contributed by atoms with van der Waals surface area (Å²) in [6.45, 7) is 5.70. The van der Waals surface area contributed by atoms with Crippen LogP contribution in [0.5, 0.6) is 0 Å². The molecule has 0 unspecified atom stereocenters. The SMILES string of the molecule is CCC(=O)OCc1ccc(NC(=O)[C@H](CCCNC(N)=O)NC(=O)[C@@H](NC(=O)CCCCN2C(=O)C=CC2=O)C(C)C)cc1. The number of carbonyl (C=O) groups is 7. The average Bonchev–Trinajstić information content (AvgIpc) is 3.30. The zero-order valence-electron chi connectivity index (χ0n) is 25.4. The number of benzene rings is 1. The maximum absolute atomic E-state index is 13.3. The van der Waals surface area contributed by atoms with Gasteiger partial charge in [-0.05, 0) is 49.3 Å². The molecule has 1 aliphatic rings. The van der Waals surface area contributed by atoms with E-state index in [1.165, 1.54) is 12.2 Å². The second-order valence-corrected chi connectivity index (χ2v) is 10.6. The summed E-state index contributed by atoms with van der Waals surface area (Å²) in [6.07, 6.45) is 4.08. The number of nitrogens with one attached hydrogen (secondary N) is 4. The van der Waals surface area contributed by atoms with Crippen molar-refractivity contribution in [1.29, 1.82) is 0 Å². The molecule has 0 fully saturated rings. The fraction of sp³-hybridized carbons (Fsp3) is 0.500. The molecule has 7 amide bonds. The zero-order valence-corrected chi connectivity index (χ0v) is 25.4. The number of ether oxygens (including phenoxy) is 1. The van der Waals surface area contributed by atoms with E-state index in [-0.39, 0.29) is 68.6 Å². The Morgan fingerprint density at radius 1 is 0.909 bits per heavy atom.